The molecule has 0 amide bonds. The van der Waals surface area contributed by atoms with Crippen LogP contribution in [0.2, 0.25) is 0 Å². The van der Waals surface area contributed by atoms with Crippen LogP contribution in [-0.2, 0) is 16.0 Å². The van der Waals surface area contributed by atoms with E-state index in [1.54, 1.807) is 27.7 Å². The predicted octanol–water partition coefficient (Wildman–Crippen LogP) is 2.77. The molecule has 1 aromatic carbocycles. The smallest absolute Gasteiger partial charge is 0.317 e. The molecule has 0 fully saturated rings. The van der Waals surface area contributed by atoms with Gasteiger partial charge in [-0.25, -0.2) is 0 Å². The summed E-state index contributed by atoms with van der Waals surface area (Å²) in [4.78, 5) is 21.9. The minimum absolute atomic E-state index is 0.0291. The quantitative estimate of drug-likeness (QED) is 0.453. The molecule has 1 aromatic rings. The molecule has 0 saturated heterocycles. The first kappa shape index (κ1) is 18.8. The first-order valence-electron chi connectivity index (χ1n) is 7.54. The Hall–Kier alpha value is -2.24. The predicted molar refractivity (Wildman–Crippen MR) is 84.8 cm³/mol. The van der Waals surface area contributed by atoms with Gasteiger partial charge in [0.2, 0.25) is 0 Å². The number of benzene rings is 1. The van der Waals surface area contributed by atoms with Gasteiger partial charge in [0.05, 0.1) is 0 Å². The SMILES string of the molecule is Cc1c(C)c(O)c(CCC(C)CC(C(=O)O)C(=O)O)c(C)c1O. The van der Waals surface area contributed by atoms with Gasteiger partial charge in [-0.3, -0.25) is 9.59 Å². The lowest BCUT2D eigenvalue weighted by atomic mass is 9.88. The van der Waals surface area contributed by atoms with Crippen LogP contribution in [0.3, 0.4) is 0 Å². The molecule has 6 nitrogen and oxygen atoms in total. The number of carboxylic acids is 2. The second kappa shape index (κ2) is 7.35. The minimum Gasteiger partial charge on any atom is -0.507 e. The van der Waals surface area contributed by atoms with Crippen molar-refractivity contribution in [2.75, 3.05) is 0 Å². The van der Waals surface area contributed by atoms with E-state index in [9.17, 15) is 19.8 Å². The molecule has 6 heteroatoms. The Morgan fingerprint density at radius 2 is 1.39 bits per heavy atom. The number of phenolic OH excluding ortho intramolecular Hbond substituents is 2. The normalized spacial score (nSPS) is 12.4. The zero-order chi connectivity index (χ0) is 17.9. The number of phenols is 2. The van der Waals surface area contributed by atoms with Crippen molar-refractivity contribution in [2.24, 2.45) is 11.8 Å². The van der Waals surface area contributed by atoms with Gasteiger partial charge in [-0.15, -0.1) is 0 Å². The monoisotopic (exact) mass is 324 g/mol. The summed E-state index contributed by atoms with van der Waals surface area (Å²) in [5.41, 5.74) is 2.48. The van der Waals surface area contributed by atoms with Gasteiger partial charge in [0, 0.05) is 5.56 Å². The average Bonchev–Trinajstić information content (AvgIpc) is 2.48. The molecule has 4 N–H and O–H groups in total. The molecule has 1 rings (SSSR count). The standard InChI is InChI=1S/C17H24O6/c1-8(7-13(16(20)21)17(22)23)5-6-12-11(4)14(18)9(2)10(3)15(12)19/h8,13,18-19H,5-7H2,1-4H3,(H,20,21)(H,22,23). The fourth-order valence-electron chi connectivity index (χ4n) is 2.71. The third-order valence-electron chi connectivity index (χ3n) is 4.49. The lowest BCUT2D eigenvalue weighted by Gasteiger charge is -2.18. The van der Waals surface area contributed by atoms with Crippen LogP contribution in [-0.4, -0.2) is 32.4 Å². The summed E-state index contributed by atoms with van der Waals surface area (Å²) in [6.45, 7) is 6.96. The van der Waals surface area contributed by atoms with Gasteiger partial charge in [-0.05, 0) is 62.6 Å². The van der Waals surface area contributed by atoms with Crippen molar-refractivity contribution in [3.8, 4) is 11.5 Å². The van der Waals surface area contributed by atoms with Gasteiger partial charge in [0.1, 0.15) is 11.5 Å². The second-order valence-corrected chi connectivity index (χ2v) is 6.16. The summed E-state index contributed by atoms with van der Waals surface area (Å²) in [5, 5.41) is 38.2. The fourth-order valence-corrected chi connectivity index (χ4v) is 2.71. The van der Waals surface area contributed by atoms with Crippen molar-refractivity contribution >= 4 is 11.9 Å². The summed E-state index contributed by atoms with van der Waals surface area (Å²) < 4.78 is 0. The topological polar surface area (TPSA) is 115 Å². The first-order chi connectivity index (χ1) is 10.6. The van der Waals surface area contributed by atoms with Crippen LogP contribution in [0, 0.1) is 32.6 Å². The maximum atomic E-state index is 10.9. The molecule has 1 atom stereocenters. The Morgan fingerprint density at radius 3 is 1.87 bits per heavy atom. The van der Waals surface area contributed by atoms with Crippen molar-refractivity contribution in [1.82, 2.24) is 0 Å². The van der Waals surface area contributed by atoms with Crippen LogP contribution in [0.5, 0.6) is 11.5 Å². The second-order valence-electron chi connectivity index (χ2n) is 6.16. The molecule has 0 aliphatic rings. The van der Waals surface area contributed by atoms with E-state index in [-0.39, 0.29) is 23.8 Å². The Balaban J connectivity index is 2.87. The van der Waals surface area contributed by atoms with E-state index < -0.39 is 17.9 Å². The van der Waals surface area contributed by atoms with Gasteiger partial charge in [-0.2, -0.15) is 0 Å². The van der Waals surface area contributed by atoms with Crippen LogP contribution in [0.4, 0.5) is 0 Å². The summed E-state index contributed by atoms with van der Waals surface area (Å²) in [6.07, 6.45) is 0.994. The highest BCUT2D eigenvalue weighted by atomic mass is 16.4. The Labute approximate surface area is 135 Å². The largest absolute Gasteiger partial charge is 0.507 e. The highest BCUT2D eigenvalue weighted by Crippen LogP contribution is 2.37. The number of aliphatic carboxylic acids is 2. The Kier molecular flexibility index (Phi) is 6.01. The molecule has 128 valence electrons. The molecule has 0 heterocycles. The first-order valence-corrected chi connectivity index (χ1v) is 7.54. The van der Waals surface area contributed by atoms with Gasteiger partial charge in [-0.1, -0.05) is 6.92 Å². The summed E-state index contributed by atoms with van der Waals surface area (Å²) >= 11 is 0. The maximum absolute atomic E-state index is 10.9. The zero-order valence-electron chi connectivity index (χ0n) is 13.9. The van der Waals surface area contributed by atoms with E-state index in [1.807, 2.05) is 0 Å². The van der Waals surface area contributed by atoms with E-state index in [4.69, 9.17) is 10.2 Å². The highest BCUT2D eigenvalue weighted by Gasteiger charge is 2.28. The summed E-state index contributed by atoms with van der Waals surface area (Å²) in [5.74, 6) is -3.96. The Bertz CT molecular complexity index is 577. The molecule has 0 aliphatic heterocycles. The number of rotatable bonds is 7. The number of carbonyl (C=O) groups is 2. The molecule has 0 spiro atoms. The highest BCUT2D eigenvalue weighted by molar-refractivity contribution is 5.92. The molecule has 0 bridgehead atoms. The maximum Gasteiger partial charge on any atom is 0.317 e. The number of hydrogen-bond donors (Lipinski definition) is 4. The van der Waals surface area contributed by atoms with Crippen molar-refractivity contribution in [3.63, 3.8) is 0 Å². The molecule has 23 heavy (non-hydrogen) atoms. The third-order valence-corrected chi connectivity index (χ3v) is 4.49. The minimum atomic E-state index is -1.42. The Morgan fingerprint density at radius 1 is 0.913 bits per heavy atom. The molecule has 0 radical (unpaired) electrons. The fraction of sp³-hybridized carbons (Fsp3) is 0.529. The van der Waals surface area contributed by atoms with Crippen LogP contribution in [0.1, 0.15) is 42.0 Å². The molecule has 0 aromatic heterocycles. The zero-order valence-corrected chi connectivity index (χ0v) is 13.9. The van der Waals surface area contributed by atoms with Crippen molar-refractivity contribution in [2.45, 2.75) is 47.0 Å². The molecular weight excluding hydrogens is 300 g/mol. The van der Waals surface area contributed by atoms with E-state index >= 15 is 0 Å². The third kappa shape index (κ3) is 4.15. The van der Waals surface area contributed by atoms with Crippen molar-refractivity contribution < 1.29 is 30.0 Å². The van der Waals surface area contributed by atoms with E-state index in [2.05, 4.69) is 0 Å². The number of carboxylic acid groups (broad SMARTS) is 2. The molecule has 0 aliphatic carbocycles. The number of hydrogen-bond acceptors (Lipinski definition) is 4. The van der Waals surface area contributed by atoms with Crippen molar-refractivity contribution in [1.29, 1.82) is 0 Å². The van der Waals surface area contributed by atoms with Crippen LogP contribution in [0.15, 0.2) is 0 Å². The van der Waals surface area contributed by atoms with Gasteiger partial charge >= 0.3 is 11.9 Å². The lowest BCUT2D eigenvalue weighted by Crippen LogP contribution is -2.25. The van der Waals surface area contributed by atoms with E-state index in [0.717, 1.165) is 0 Å². The summed E-state index contributed by atoms with van der Waals surface area (Å²) in [7, 11) is 0. The van der Waals surface area contributed by atoms with Gasteiger partial charge in [0.15, 0.2) is 5.92 Å². The summed E-state index contributed by atoms with van der Waals surface area (Å²) in [6, 6.07) is 0. The van der Waals surface area contributed by atoms with Crippen LogP contribution in [0.25, 0.3) is 0 Å². The van der Waals surface area contributed by atoms with Crippen LogP contribution >= 0.6 is 0 Å². The van der Waals surface area contributed by atoms with Gasteiger partial charge in [0.25, 0.3) is 0 Å². The van der Waals surface area contributed by atoms with E-state index in [0.29, 0.717) is 35.1 Å². The lowest BCUT2D eigenvalue weighted by molar-refractivity contribution is -0.155. The van der Waals surface area contributed by atoms with E-state index in [1.165, 1.54) is 0 Å². The van der Waals surface area contributed by atoms with Crippen LogP contribution < -0.4 is 0 Å². The van der Waals surface area contributed by atoms with Crippen molar-refractivity contribution in [3.05, 3.63) is 22.3 Å². The number of aromatic hydroxyl groups is 2. The molecule has 0 saturated carbocycles. The molecule has 1 unspecified atom stereocenters. The average molecular weight is 324 g/mol. The molecular formula is C17H24O6. The van der Waals surface area contributed by atoms with Gasteiger partial charge < -0.3 is 20.4 Å².